The van der Waals surface area contributed by atoms with Crippen LogP contribution in [0.25, 0.3) is 0 Å². The fourth-order valence-electron chi connectivity index (χ4n) is 3.83. The number of hydrogen-bond acceptors (Lipinski definition) is 6. The molecule has 1 unspecified atom stereocenters. The number of nitrogens with zero attached hydrogens (tertiary/aromatic N) is 4. The molecule has 10 nitrogen and oxygen atoms in total. The highest BCUT2D eigenvalue weighted by Gasteiger charge is 2.41. The van der Waals surface area contributed by atoms with Gasteiger partial charge in [-0.25, -0.2) is 4.79 Å². The monoisotopic (exact) mass is 402 g/mol. The van der Waals surface area contributed by atoms with E-state index in [1.165, 1.54) is 16.7 Å². The summed E-state index contributed by atoms with van der Waals surface area (Å²) in [5, 5.41) is 19.8. The molecule has 2 aromatic rings. The minimum atomic E-state index is -0.855. The zero-order valence-corrected chi connectivity index (χ0v) is 16.0. The van der Waals surface area contributed by atoms with Crippen molar-refractivity contribution in [3.63, 3.8) is 0 Å². The summed E-state index contributed by atoms with van der Waals surface area (Å²) in [7, 11) is 0. The predicted octanol–water partition coefficient (Wildman–Crippen LogP) is 2.88. The van der Waals surface area contributed by atoms with Crippen LogP contribution in [0.2, 0.25) is 0 Å². The second-order valence-corrected chi connectivity index (χ2v) is 7.72. The molecule has 3 heterocycles. The third-order valence-corrected chi connectivity index (χ3v) is 5.42. The van der Waals surface area contributed by atoms with Crippen molar-refractivity contribution in [3.05, 3.63) is 46.1 Å². The molecule has 1 N–H and O–H groups in total. The highest BCUT2D eigenvalue weighted by molar-refractivity contribution is 5.65. The van der Waals surface area contributed by atoms with E-state index in [0.717, 1.165) is 12.8 Å². The fraction of sp³-hybridized carbons (Fsp3) is 0.474. The van der Waals surface area contributed by atoms with Gasteiger partial charge in [-0.3, -0.25) is 4.57 Å². The Hall–Kier alpha value is -3.30. The number of imidazole rings is 1. The highest BCUT2D eigenvalue weighted by Crippen LogP contribution is 2.32. The second kappa shape index (κ2) is 7.26. The molecule has 1 fully saturated rings. The molecule has 0 aliphatic carbocycles. The number of rotatable bonds is 5. The van der Waals surface area contributed by atoms with Gasteiger partial charge in [-0.15, -0.1) is 0 Å². The maximum Gasteiger partial charge on any atom is 0.415 e. The molecule has 1 amide bonds. The lowest BCUT2D eigenvalue weighted by Crippen LogP contribution is -2.38. The summed E-state index contributed by atoms with van der Waals surface area (Å²) in [4.78, 5) is 26.6. The van der Waals surface area contributed by atoms with Crippen LogP contribution in [0.3, 0.4) is 0 Å². The second-order valence-electron chi connectivity index (χ2n) is 7.72. The average Bonchev–Trinajstić information content (AvgIpc) is 3.22. The molecule has 1 aromatic carbocycles. The minimum Gasteiger partial charge on any atom is -0.489 e. The van der Waals surface area contributed by atoms with Crippen LogP contribution < -0.4 is 9.47 Å². The number of fused-ring (bicyclic) bond motifs is 1. The van der Waals surface area contributed by atoms with Crippen LogP contribution in [0.4, 0.5) is 10.6 Å². The van der Waals surface area contributed by atoms with E-state index in [2.05, 4.69) is 4.98 Å². The van der Waals surface area contributed by atoms with Gasteiger partial charge in [0.15, 0.2) is 5.60 Å². The number of nitro groups is 1. The Labute approximate surface area is 166 Å². The average molecular weight is 402 g/mol. The Morgan fingerprint density at radius 3 is 2.66 bits per heavy atom. The zero-order chi connectivity index (χ0) is 20.6. The summed E-state index contributed by atoms with van der Waals surface area (Å²) in [5.74, 6) is 0.827. The number of carbonyl (C=O) groups is 1. The molecule has 2 aliphatic heterocycles. The lowest BCUT2D eigenvalue weighted by Gasteiger charge is -2.30. The Morgan fingerprint density at radius 2 is 2.07 bits per heavy atom. The maximum atomic E-state index is 11.0. The van der Waals surface area contributed by atoms with E-state index in [1.807, 2.05) is 31.2 Å². The summed E-state index contributed by atoms with van der Waals surface area (Å²) in [5.41, 5.74) is 0.526. The first-order valence-electron chi connectivity index (χ1n) is 9.44. The first kappa shape index (κ1) is 19.0. The van der Waals surface area contributed by atoms with Crippen LogP contribution >= 0.6 is 0 Å². The molecule has 0 spiro atoms. The van der Waals surface area contributed by atoms with Crippen molar-refractivity contribution >= 4 is 11.9 Å². The summed E-state index contributed by atoms with van der Waals surface area (Å²) >= 11 is 0. The molecule has 4 rings (SSSR count). The molecule has 10 heteroatoms. The predicted molar refractivity (Wildman–Crippen MR) is 101 cm³/mol. The van der Waals surface area contributed by atoms with Gasteiger partial charge in [-0.2, -0.15) is 0 Å². The number of carboxylic acid groups (broad SMARTS) is 1. The summed E-state index contributed by atoms with van der Waals surface area (Å²) in [6.07, 6.45) is 2.14. The van der Waals surface area contributed by atoms with Gasteiger partial charge >= 0.3 is 17.9 Å². The molecule has 1 atom stereocenters. The molecule has 29 heavy (non-hydrogen) atoms. The summed E-state index contributed by atoms with van der Waals surface area (Å²) in [6, 6.07) is 8.07. The van der Waals surface area contributed by atoms with Gasteiger partial charge in [-0.1, -0.05) is 12.1 Å². The van der Waals surface area contributed by atoms with E-state index in [4.69, 9.17) is 14.6 Å². The van der Waals surface area contributed by atoms with Crippen molar-refractivity contribution in [2.75, 3.05) is 19.7 Å². The molecular weight excluding hydrogens is 380 g/mol. The zero-order valence-electron chi connectivity index (χ0n) is 16.0. The molecule has 1 aromatic heterocycles. The van der Waals surface area contributed by atoms with E-state index < -0.39 is 16.6 Å². The van der Waals surface area contributed by atoms with E-state index in [-0.39, 0.29) is 18.4 Å². The van der Waals surface area contributed by atoms with Crippen LogP contribution in [-0.2, 0) is 6.54 Å². The molecule has 1 saturated heterocycles. The first-order valence-corrected chi connectivity index (χ1v) is 9.44. The standard InChI is InChI=1S/C19H22N4O6/c1-19(11-22-10-16(23(26)27)20-17(22)29-19)12-28-15-4-2-13(3-5-15)14-6-8-21(9-7-14)18(24)25/h2-5,10,14H,6-9,11-12H2,1H3,(H,24,25). The van der Waals surface area contributed by atoms with Gasteiger partial charge in [-0.05, 0) is 48.3 Å². The Bertz CT molecular complexity index is 894. The van der Waals surface area contributed by atoms with Crippen molar-refractivity contribution < 1.29 is 24.3 Å². The molecule has 0 bridgehead atoms. The normalized spacial score (nSPS) is 21.5. The fourth-order valence-corrected chi connectivity index (χ4v) is 3.83. The van der Waals surface area contributed by atoms with E-state index in [1.54, 1.807) is 4.57 Å². The molecule has 154 valence electrons. The molecule has 0 radical (unpaired) electrons. The lowest BCUT2D eigenvalue weighted by atomic mass is 9.89. The summed E-state index contributed by atoms with van der Waals surface area (Å²) in [6.45, 7) is 3.68. The highest BCUT2D eigenvalue weighted by atomic mass is 16.6. The number of piperidine rings is 1. The van der Waals surface area contributed by atoms with Gasteiger partial charge in [0.25, 0.3) is 0 Å². The van der Waals surface area contributed by atoms with Crippen LogP contribution in [0.5, 0.6) is 11.8 Å². The molecule has 2 aliphatic rings. The van der Waals surface area contributed by atoms with Crippen LogP contribution in [0, 0.1) is 10.1 Å². The smallest absolute Gasteiger partial charge is 0.415 e. The van der Waals surface area contributed by atoms with Crippen LogP contribution in [0.15, 0.2) is 30.5 Å². The Kier molecular flexibility index (Phi) is 4.77. The van der Waals surface area contributed by atoms with Gasteiger partial charge < -0.3 is 29.6 Å². The van der Waals surface area contributed by atoms with Crippen molar-refractivity contribution in [2.24, 2.45) is 0 Å². The van der Waals surface area contributed by atoms with Crippen molar-refractivity contribution in [1.29, 1.82) is 0 Å². The minimum absolute atomic E-state index is 0.228. The number of amides is 1. The van der Waals surface area contributed by atoms with Gasteiger partial charge in [0, 0.05) is 18.1 Å². The van der Waals surface area contributed by atoms with Gasteiger partial charge in [0.2, 0.25) is 0 Å². The van der Waals surface area contributed by atoms with Crippen molar-refractivity contribution in [2.45, 2.75) is 37.8 Å². The number of likely N-dealkylation sites (tertiary alicyclic amines) is 1. The van der Waals surface area contributed by atoms with Crippen molar-refractivity contribution in [3.8, 4) is 11.8 Å². The lowest BCUT2D eigenvalue weighted by molar-refractivity contribution is -0.389. The quantitative estimate of drug-likeness (QED) is 0.603. The summed E-state index contributed by atoms with van der Waals surface area (Å²) < 4.78 is 13.3. The first-order chi connectivity index (χ1) is 13.8. The number of benzene rings is 1. The van der Waals surface area contributed by atoms with E-state index >= 15 is 0 Å². The number of ether oxygens (including phenoxy) is 2. The molecule has 0 saturated carbocycles. The van der Waals surface area contributed by atoms with Crippen LogP contribution in [0.1, 0.15) is 31.2 Å². The third-order valence-electron chi connectivity index (χ3n) is 5.42. The Morgan fingerprint density at radius 1 is 1.38 bits per heavy atom. The topological polar surface area (TPSA) is 120 Å². The van der Waals surface area contributed by atoms with Gasteiger partial charge in [0.05, 0.1) is 6.54 Å². The Balaban J connectivity index is 1.31. The van der Waals surface area contributed by atoms with E-state index in [9.17, 15) is 14.9 Å². The van der Waals surface area contributed by atoms with E-state index in [0.29, 0.717) is 31.3 Å². The third kappa shape index (κ3) is 3.96. The number of aromatic nitrogens is 2. The van der Waals surface area contributed by atoms with Crippen LogP contribution in [-0.4, -0.2) is 55.9 Å². The van der Waals surface area contributed by atoms with Gasteiger partial charge in [0.1, 0.15) is 18.6 Å². The largest absolute Gasteiger partial charge is 0.489 e. The van der Waals surface area contributed by atoms with Crippen molar-refractivity contribution in [1.82, 2.24) is 14.5 Å². The number of hydrogen-bond donors (Lipinski definition) is 1. The maximum absolute atomic E-state index is 11.0. The molecular formula is C19H22N4O6. The SMILES string of the molecule is CC1(COc2ccc(C3CCN(C(=O)O)CC3)cc2)Cn2cc([N+](=O)[O-])nc2O1.